The second kappa shape index (κ2) is 5.11. The van der Waals surface area contributed by atoms with Crippen LogP contribution < -0.4 is 4.72 Å². The minimum atomic E-state index is -4.27. The van der Waals surface area contributed by atoms with E-state index in [1.807, 2.05) is 6.19 Å². The Bertz CT molecular complexity index is 607. The third-order valence-electron chi connectivity index (χ3n) is 2.84. The van der Waals surface area contributed by atoms with Gasteiger partial charge in [-0.3, -0.25) is 0 Å². The molecule has 1 fully saturated rings. The zero-order valence-electron chi connectivity index (χ0n) is 9.81. The summed E-state index contributed by atoms with van der Waals surface area (Å²) in [6, 6.07) is 2.34. The lowest BCUT2D eigenvalue weighted by atomic mass is 10.3. The van der Waals surface area contributed by atoms with Crippen molar-refractivity contribution < 1.29 is 17.2 Å². The van der Waals surface area contributed by atoms with Gasteiger partial charge in [-0.15, -0.1) is 0 Å². The zero-order chi connectivity index (χ0) is 14.0. The third-order valence-corrected chi connectivity index (χ3v) is 4.41. The Morgan fingerprint density at radius 1 is 1.37 bits per heavy atom. The van der Waals surface area contributed by atoms with Crippen LogP contribution in [0.3, 0.4) is 0 Å². The number of benzene rings is 1. The molecule has 0 bridgehead atoms. The first-order valence-electron chi connectivity index (χ1n) is 5.55. The Kier molecular flexibility index (Phi) is 3.68. The summed E-state index contributed by atoms with van der Waals surface area (Å²) in [5.41, 5.74) is 0. The highest BCUT2D eigenvalue weighted by molar-refractivity contribution is 7.89. The van der Waals surface area contributed by atoms with Gasteiger partial charge in [-0.1, -0.05) is 6.07 Å². The average molecular weight is 287 g/mol. The number of nitrogens with one attached hydrogen (secondary N) is 1. The molecule has 0 aromatic heterocycles. The van der Waals surface area contributed by atoms with Crippen molar-refractivity contribution in [2.45, 2.75) is 17.4 Å². The zero-order valence-corrected chi connectivity index (χ0v) is 10.6. The van der Waals surface area contributed by atoms with Crippen molar-refractivity contribution in [2.24, 2.45) is 0 Å². The number of nitrogens with zero attached hydrogens (tertiary/aromatic N) is 2. The maximum absolute atomic E-state index is 13.4. The standard InChI is InChI=1S/C11H11F2N3O2S/c12-9-2-1-3-10(13)11(9)19(17,18)15-8-4-5-16(6-8)7-14/h1-3,8,15H,4-6H2. The van der Waals surface area contributed by atoms with Crippen molar-refractivity contribution >= 4 is 10.0 Å². The summed E-state index contributed by atoms with van der Waals surface area (Å²) >= 11 is 0. The molecule has 1 aliphatic rings. The fraction of sp³-hybridized carbons (Fsp3) is 0.364. The normalized spacial score (nSPS) is 19.4. The molecule has 5 nitrogen and oxygen atoms in total. The van der Waals surface area contributed by atoms with Gasteiger partial charge in [0.05, 0.1) is 0 Å². The van der Waals surface area contributed by atoms with Crippen LogP contribution in [0.15, 0.2) is 23.1 Å². The van der Waals surface area contributed by atoms with Crippen LogP contribution in [0.4, 0.5) is 8.78 Å². The van der Waals surface area contributed by atoms with E-state index in [9.17, 15) is 17.2 Å². The van der Waals surface area contributed by atoms with Gasteiger partial charge >= 0.3 is 0 Å². The molecular formula is C11H11F2N3O2S. The molecule has 0 saturated carbocycles. The van der Waals surface area contributed by atoms with Gasteiger partial charge in [0.25, 0.3) is 0 Å². The molecule has 1 N–H and O–H groups in total. The Morgan fingerprint density at radius 3 is 2.53 bits per heavy atom. The summed E-state index contributed by atoms with van der Waals surface area (Å²) in [5.74, 6) is -2.27. The van der Waals surface area contributed by atoms with Gasteiger partial charge < -0.3 is 4.90 Å². The lowest BCUT2D eigenvalue weighted by Gasteiger charge is -2.13. The summed E-state index contributed by atoms with van der Waals surface area (Å²) in [6.07, 6.45) is 2.31. The first kappa shape index (κ1) is 13.7. The third kappa shape index (κ3) is 2.83. The topological polar surface area (TPSA) is 73.2 Å². The van der Waals surface area contributed by atoms with Gasteiger partial charge in [0.15, 0.2) is 11.1 Å². The van der Waals surface area contributed by atoms with Crippen LogP contribution in [0.2, 0.25) is 0 Å². The molecule has 0 spiro atoms. The lowest BCUT2D eigenvalue weighted by molar-refractivity contribution is 0.467. The minimum Gasteiger partial charge on any atom is -0.309 e. The van der Waals surface area contributed by atoms with Crippen LogP contribution in [0.25, 0.3) is 0 Å². The maximum Gasteiger partial charge on any atom is 0.246 e. The smallest absolute Gasteiger partial charge is 0.246 e. The molecule has 19 heavy (non-hydrogen) atoms. The van der Waals surface area contributed by atoms with E-state index >= 15 is 0 Å². The predicted octanol–water partition coefficient (Wildman–Crippen LogP) is 0.798. The average Bonchev–Trinajstić information content (AvgIpc) is 2.75. The van der Waals surface area contributed by atoms with Crippen LogP contribution >= 0.6 is 0 Å². The van der Waals surface area contributed by atoms with Crippen LogP contribution in [-0.4, -0.2) is 32.4 Å². The van der Waals surface area contributed by atoms with Crippen LogP contribution in [0.5, 0.6) is 0 Å². The molecule has 2 rings (SSSR count). The Hall–Kier alpha value is -1.72. The summed E-state index contributed by atoms with van der Waals surface area (Å²) < 4.78 is 53.0. The largest absolute Gasteiger partial charge is 0.309 e. The maximum atomic E-state index is 13.4. The molecule has 1 saturated heterocycles. The lowest BCUT2D eigenvalue weighted by Crippen LogP contribution is -2.37. The number of hydrogen-bond donors (Lipinski definition) is 1. The van der Waals surface area contributed by atoms with Crippen LogP contribution in [0, 0.1) is 23.1 Å². The van der Waals surface area contributed by atoms with Crippen molar-refractivity contribution in [3.8, 4) is 6.19 Å². The first-order chi connectivity index (χ1) is 8.94. The summed E-state index contributed by atoms with van der Waals surface area (Å²) in [7, 11) is -4.27. The van der Waals surface area contributed by atoms with Gasteiger partial charge in [-0.2, -0.15) is 5.26 Å². The predicted molar refractivity (Wildman–Crippen MR) is 62.3 cm³/mol. The highest BCUT2D eigenvalue weighted by Gasteiger charge is 2.30. The van der Waals surface area contributed by atoms with Gasteiger partial charge in [-0.25, -0.2) is 21.9 Å². The number of likely N-dealkylation sites (tertiary alicyclic amines) is 1. The fourth-order valence-corrected chi connectivity index (χ4v) is 3.36. The molecule has 1 aromatic rings. The molecule has 102 valence electrons. The highest BCUT2D eigenvalue weighted by atomic mass is 32.2. The molecule has 1 aromatic carbocycles. The van der Waals surface area contributed by atoms with E-state index in [1.54, 1.807) is 0 Å². The van der Waals surface area contributed by atoms with Crippen molar-refractivity contribution in [2.75, 3.05) is 13.1 Å². The highest BCUT2D eigenvalue weighted by Crippen LogP contribution is 2.19. The number of halogens is 2. The van der Waals surface area contributed by atoms with E-state index < -0.39 is 32.6 Å². The SMILES string of the molecule is N#CN1CCC(NS(=O)(=O)c2c(F)cccc2F)C1. The van der Waals surface area contributed by atoms with E-state index in [2.05, 4.69) is 4.72 Å². The van der Waals surface area contributed by atoms with Crippen molar-refractivity contribution in [3.63, 3.8) is 0 Å². The van der Waals surface area contributed by atoms with Crippen molar-refractivity contribution in [1.29, 1.82) is 5.26 Å². The number of hydrogen-bond acceptors (Lipinski definition) is 4. The van der Waals surface area contributed by atoms with E-state index in [-0.39, 0.29) is 6.54 Å². The number of rotatable bonds is 3. The van der Waals surface area contributed by atoms with Crippen LogP contribution in [-0.2, 0) is 10.0 Å². The van der Waals surface area contributed by atoms with Gasteiger partial charge in [-0.05, 0) is 18.6 Å². The molecule has 0 radical (unpaired) electrons. The molecule has 1 atom stereocenters. The first-order valence-corrected chi connectivity index (χ1v) is 7.03. The second-order valence-corrected chi connectivity index (χ2v) is 5.85. The van der Waals surface area contributed by atoms with Crippen LogP contribution in [0.1, 0.15) is 6.42 Å². The minimum absolute atomic E-state index is 0.200. The van der Waals surface area contributed by atoms with Gasteiger partial charge in [0.1, 0.15) is 11.6 Å². The van der Waals surface area contributed by atoms with E-state index in [1.165, 1.54) is 4.90 Å². The monoisotopic (exact) mass is 287 g/mol. The molecule has 1 aliphatic heterocycles. The van der Waals surface area contributed by atoms with E-state index in [0.29, 0.717) is 13.0 Å². The Labute approximate surface area is 109 Å². The Morgan fingerprint density at radius 2 is 2.00 bits per heavy atom. The molecule has 0 aliphatic carbocycles. The Balaban J connectivity index is 2.23. The van der Waals surface area contributed by atoms with E-state index in [4.69, 9.17) is 5.26 Å². The number of sulfonamides is 1. The van der Waals surface area contributed by atoms with Gasteiger partial charge in [0.2, 0.25) is 10.0 Å². The second-order valence-electron chi connectivity index (χ2n) is 4.20. The summed E-state index contributed by atoms with van der Waals surface area (Å²) in [4.78, 5) is 0.399. The molecule has 1 heterocycles. The van der Waals surface area contributed by atoms with E-state index in [0.717, 1.165) is 18.2 Å². The van der Waals surface area contributed by atoms with Gasteiger partial charge in [0, 0.05) is 19.1 Å². The number of nitriles is 1. The fourth-order valence-electron chi connectivity index (χ4n) is 1.96. The van der Waals surface area contributed by atoms with Crippen molar-refractivity contribution in [1.82, 2.24) is 9.62 Å². The molecule has 8 heteroatoms. The molecule has 1 unspecified atom stereocenters. The summed E-state index contributed by atoms with van der Waals surface area (Å²) in [5, 5.41) is 8.67. The molecular weight excluding hydrogens is 276 g/mol. The molecule has 0 amide bonds. The quantitative estimate of drug-likeness (QED) is 0.835. The van der Waals surface area contributed by atoms with Crippen molar-refractivity contribution in [3.05, 3.63) is 29.8 Å². The summed E-state index contributed by atoms with van der Waals surface area (Å²) in [6.45, 7) is 0.620.